The van der Waals surface area contributed by atoms with Crippen molar-refractivity contribution in [2.45, 2.75) is 75.2 Å². The third kappa shape index (κ3) is 6.43. The van der Waals surface area contributed by atoms with E-state index >= 15 is 0 Å². The van der Waals surface area contributed by atoms with Crippen molar-refractivity contribution in [3.05, 3.63) is 64.7 Å². The summed E-state index contributed by atoms with van der Waals surface area (Å²) in [7, 11) is 0. The van der Waals surface area contributed by atoms with E-state index in [0.717, 1.165) is 31.5 Å². The Labute approximate surface area is 270 Å². The number of piperidine rings is 2. The predicted octanol–water partition coefficient (Wildman–Crippen LogP) is 3.78. The first kappa shape index (κ1) is 32.5. The number of amides is 4. The molecule has 3 fully saturated rings. The number of nitrogens with zero attached hydrogens (tertiary/aromatic N) is 4. The molecule has 47 heavy (non-hydrogen) atoms. The molecule has 4 amide bonds. The molecule has 10 nitrogen and oxygen atoms in total. The first-order chi connectivity index (χ1) is 22.5. The molecule has 13 heteroatoms. The Hall–Kier alpha value is -4.44. The second-order valence-electron chi connectivity index (χ2n) is 12.7. The monoisotopic (exact) mass is 651 g/mol. The van der Waals surface area contributed by atoms with Gasteiger partial charge in [0.2, 0.25) is 17.7 Å². The van der Waals surface area contributed by atoms with Crippen LogP contribution in [0, 0.1) is 11.3 Å². The maximum atomic E-state index is 13.6. The number of rotatable bonds is 8. The van der Waals surface area contributed by atoms with Gasteiger partial charge in [-0.3, -0.25) is 29.4 Å². The van der Waals surface area contributed by atoms with Gasteiger partial charge in [0, 0.05) is 37.2 Å². The zero-order valence-electron chi connectivity index (χ0n) is 25.9. The highest BCUT2D eigenvalue weighted by atomic mass is 19.4. The van der Waals surface area contributed by atoms with Crippen molar-refractivity contribution in [2.24, 2.45) is 0 Å². The lowest BCUT2D eigenvalue weighted by Crippen LogP contribution is -2.52. The van der Waals surface area contributed by atoms with Crippen LogP contribution in [-0.2, 0) is 32.5 Å². The number of benzene rings is 2. The van der Waals surface area contributed by atoms with Gasteiger partial charge in [-0.05, 0) is 74.9 Å². The lowest BCUT2D eigenvalue weighted by atomic mass is 9.74. The van der Waals surface area contributed by atoms with Crippen LogP contribution in [0.1, 0.15) is 72.0 Å². The van der Waals surface area contributed by atoms with E-state index in [4.69, 9.17) is 4.74 Å². The average molecular weight is 652 g/mol. The standard InChI is InChI=1S/C34H36F3N5O5/c35-34(36,37)23-9-7-22(8-10-23)33(21-38)13-17-41(18-14-33)32(46)27-5-2-15-40(27)16-3-19-47-28-6-1-4-24-25(28)20-42(31(24)45)26-11-12-29(43)39-30(26)44/h1,4,6-10,26-27H,2-3,5,11-20H2,(H,39,43,44)/t26?,27-/m1/s1. The van der Waals surface area contributed by atoms with E-state index in [1.54, 1.807) is 23.1 Å². The fraction of sp³-hybridized carbons (Fsp3) is 0.500. The fourth-order valence-corrected chi connectivity index (χ4v) is 7.28. The summed E-state index contributed by atoms with van der Waals surface area (Å²) in [6.07, 6.45) is -1.03. The molecule has 0 bridgehead atoms. The molecule has 3 saturated heterocycles. The first-order valence-electron chi connectivity index (χ1n) is 16.0. The topological polar surface area (TPSA) is 123 Å². The van der Waals surface area contributed by atoms with Crippen LogP contribution in [0.25, 0.3) is 0 Å². The maximum absolute atomic E-state index is 13.6. The maximum Gasteiger partial charge on any atom is 0.416 e. The normalized spacial score (nSPS) is 23.0. The number of imide groups is 1. The molecule has 0 saturated carbocycles. The van der Waals surface area contributed by atoms with Gasteiger partial charge < -0.3 is 14.5 Å². The predicted molar refractivity (Wildman–Crippen MR) is 162 cm³/mol. The number of nitriles is 1. The van der Waals surface area contributed by atoms with E-state index in [2.05, 4.69) is 16.3 Å². The molecule has 4 aliphatic heterocycles. The number of carbonyl (C=O) groups is 4. The van der Waals surface area contributed by atoms with Crippen LogP contribution in [0.5, 0.6) is 5.75 Å². The van der Waals surface area contributed by atoms with Gasteiger partial charge >= 0.3 is 6.18 Å². The highest BCUT2D eigenvalue weighted by Gasteiger charge is 2.42. The number of fused-ring (bicyclic) bond motifs is 1. The summed E-state index contributed by atoms with van der Waals surface area (Å²) in [6.45, 7) is 2.70. The Balaban J connectivity index is 1.00. The molecule has 2 aromatic rings. The molecule has 4 aliphatic rings. The van der Waals surface area contributed by atoms with E-state index in [1.807, 2.05) is 0 Å². The molecule has 0 radical (unpaired) electrons. The summed E-state index contributed by atoms with van der Waals surface area (Å²) in [5.41, 5.74) is 0.0471. The van der Waals surface area contributed by atoms with Crippen molar-refractivity contribution >= 4 is 23.6 Å². The molecule has 0 spiro atoms. The Morgan fingerprint density at radius 1 is 1.04 bits per heavy atom. The number of likely N-dealkylation sites (tertiary alicyclic amines) is 2. The second-order valence-corrected chi connectivity index (χ2v) is 12.7. The van der Waals surface area contributed by atoms with Gasteiger partial charge in [0.1, 0.15) is 11.8 Å². The number of hydrogen-bond acceptors (Lipinski definition) is 7. The zero-order valence-corrected chi connectivity index (χ0v) is 25.9. The molecule has 0 aromatic heterocycles. The van der Waals surface area contributed by atoms with E-state index in [-0.39, 0.29) is 43.1 Å². The third-order valence-electron chi connectivity index (χ3n) is 9.94. The minimum atomic E-state index is -4.45. The lowest BCUT2D eigenvalue weighted by molar-refractivity contribution is -0.138. The number of hydrogen-bond donors (Lipinski definition) is 1. The van der Waals surface area contributed by atoms with Crippen molar-refractivity contribution in [1.82, 2.24) is 20.0 Å². The summed E-state index contributed by atoms with van der Waals surface area (Å²) < 4.78 is 45.2. The number of halogens is 3. The van der Waals surface area contributed by atoms with Crippen LogP contribution in [-0.4, -0.2) is 83.2 Å². The molecular formula is C34H36F3N5O5. The Morgan fingerprint density at radius 3 is 2.47 bits per heavy atom. The van der Waals surface area contributed by atoms with Gasteiger partial charge in [0.05, 0.1) is 36.2 Å². The van der Waals surface area contributed by atoms with Crippen LogP contribution < -0.4 is 10.1 Å². The van der Waals surface area contributed by atoms with Crippen LogP contribution in [0.3, 0.4) is 0 Å². The van der Waals surface area contributed by atoms with Crippen molar-refractivity contribution in [3.8, 4) is 11.8 Å². The number of nitrogens with one attached hydrogen (secondary N) is 1. The molecule has 2 atom stereocenters. The van der Waals surface area contributed by atoms with Crippen LogP contribution >= 0.6 is 0 Å². The van der Waals surface area contributed by atoms with Crippen molar-refractivity contribution in [1.29, 1.82) is 5.26 Å². The van der Waals surface area contributed by atoms with Crippen molar-refractivity contribution in [3.63, 3.8) is 0 Å². The second kappa shape index (κ2) is 13.0. The first-order valence-corrected chi connectivity index (χ1v) is 16.0. The Morgan fingerprint density at radius 2 is 1.79 bits per heavy atom. The minimum absolute atomic E-state index is 0.00955. The van der Waals surface area contributed by atoms with Crippen molar-refractivity contribution < 1.29 is 37.1 Å². The highest BCUT2D eigenvalue weighted by Crippen LogP contribution is 2.38. The van der Waals surface area contributed by atoms with E-state index in [1.165, 1.54) is 17.0 Å². The van der Waals surface area contributed by atoms with Crippen LogP contribution in [0.2, 0.25) is 0 Å². The van der Waals surface area contributed by atoms with Crippen molar-refractivity contribution in [2.75, 3.05) is 32.8 Å². The van der Waals surface area contributed by atoms with E-state index in [0.29, 0.717) is 67.9 Å². The summed E-state index contributed by atoms with van der Waals surface area (Å²) in [5.74, 6) is -0.484. The number of carbonyl (C=O) groups excluding carboxylic acids is 4. The molecule has 0 aliphatic carbocycles. The van der Waals surface area contributed by atoms with Gasteiger partial charge in [0.25, 0.3) is 5.91 Å². The van der Waals surface area contributed by atoms with E-state index in [9.17, 15) is 37.6 Å². The van der Waals surface area contributed by atoms with Gasteiger partial charge in [-0.1, -0.05) is 18.2 Å². The molecule has 4 heterocycles. The largest absolute Gasteiger partial charge is 0.493 e. The SMILES string of the molecule is N#CC1(c2ccc(C(F)(F)F)cc2)CCN(C(=O)[C@H]2CCCN2CCCOc2cccc3c2CN(C2CCC(=O)NC2=O)C3=O)CC1. The Bertz CT molecular complexity index is 1600. The fourth-order valence-electron chi connectivity index (χ4n) is 7.28. The zero-order chi connectivity index (χ0) is 33.3. The van der Waals surface area contributed by atoms with Gasteiger partial charge in [0.15, 0.2) is 0 Å². The van der Waals surface area contributed by atoms with Gasteiger partial charge in [-0.2, -0.15) is 18.4 Å². The molecule has 2 aromatic carbocycles. The molecule has 1 N–H and O–H groups in total. The van der Waals surface area contributed by atoms with Crippen LogP contribution in [0.4, 0.5) is 13.2 Å². The summed E-state index contributed by atoms with van der Waals surface area (Å²) in [4.78, 5) is 56.0. The number of ether oxygens (including phenoxy) is 1. The van der Waals surface area contributed by atoms with E-state index < -0.39 is 29.1 Å². The molecule has 6 rings (SSSR count). The quantitative estimate of drug-likeness (QED) is 0.341. The molecular weight excluding hydrogens is 615 g/mol. The Kier molecular flexibility index (Phi) is 8.98. The average Bonchev–Trinajstić information content (AvgIpc) is 3.67. The number of alkyl halides is 3. The summed E-state index contributed by atoms with van der Waals surface area (Å²) >= 11 is 0. The van der Waals surface area contributed by atoms with Gasteiger partial charge in [-0.25, -0.2) is 0 Å². The highest BCUT2D eigenvalue weighted by molar-refractivity contribution is 6.05. The lowest BCUT2D eigenvalue weighted by Gasteiger charge is -2.39. The molecule has 1 unspecified atom stereocenters. The minimum Gasteiger partial charge on any atom is -0.493 e. The smallest absolute Gasteiger partial charge is 0.416 e. The third-order valence-corrected chi connectivity index (χ3v) is 9.94. The summed E-state index contributed by atoms with van der Waals surface area (Å²) in [5, 5.41) is 12.3. The van der Waals surface area contributed by atoms with Gasteiger partial charge in [-0.15, -0.1) is 0 Å². The molecule has 248 valence electrons. The summed E-state index contributed by atoms with van der Waals surface area (Å²) in [6, 6.07) is 11.4. The van der Waals surface area contributed by atoms with Crippen LogP contribution in [0.15, 0.2) is 42.5 Å².